The minimum Gasteiger partial charge on any atom is -0.369 e. The Bertz CT molecular complexity index is 590. The Balaban J connectivity index is 2.18. The number of aryl methyl sites for hydroxylation is 2. The predicted molar refractivity (Wildman–Crippen MR) is 82.2 cm³/mol. The number of benzene rings is 1. The molecule has 0 N–H and O–H groups in total. The number of hydrogen-bond donors (Lipinski definition) is 0. The molecule has 4 nitrogen and oxygen atoms in total. The average molecular weight is 286 g/mol. The first kappa shape index (κ1) is 15.4. The molecule has 2 aromatic rings. The van der Waals surface area contributed by atoms with Gasteiger partial charge in [-0.3, -0.25) is 9.48 Å². The van der Waals surface area contributed by atoms with E-state index in [9.17, 15) is 4.79 Å². The second-order valence-electron chi connectivity index (χ2n) is 4.97. The van der Waals surface area contributed by atoms with Gasteiger partial charge in [-0.05, 0) is 25.0 Å². The molecule has 1 atom stereocenters. The van der Waals surface area contributed by atoms with Gasteiger partial charge in [-0.25, -0.2) is 0 Å². The number of nitrogens with zero attached hydrogens (tertiary/aromatic N) is 2. The molecule has 0 aliphatic heterocycles. The fourth-order valence-corrected chi connectivity index (χ4v) is 2.46. The van der Waals surface area contributed by atoms with Crippen molar-refractivity contribution in [3.05, 3.63) is 53.3 Å². The van der Waals surface area contributed by atoms with Crippen LogP contribution in [0.25, 0.3) is 0 Å². The molecule has 0 aliphatic carbocycles. The van der Waals surface area contributed by atoms with E-state index in [-0.39, 0.29) is 5.78 Å². The van der Waals surface area contributed by atoms with E-state index >= 15 is 0 Å². The van der Waals surface area contributed by atoms with E-state index in [1.165, 1.54) is 0 Å². The molecule has 0 spiro atoms. The van der Waals surface area contributed by atoms with Gasteiger partial charge in [0, 0.05) is 19.3 Å². The number of aromatic nitrogens is 2. The number of methoxy groups -OCH3 is 1. The Morgan fingerprint density at radius 3 is 2.57 bits per heavy atom. The first-order chi connectivity index (χ1) is 10.2. The number of carbonyl (C=O) groups is 1. The molecule has 0 radical (unpaired) electrons. The zero-order valence-corrected chi connectivity index (χ0v) is 12.9. The van der Waals surface area contributed by atoms with E-state index in [4.69, 9.17) is 4.74 Å². The summed E-state index contributed by atoms with van der Waals surface area (Å²) in [5.74, 6) is 0.0564. The molecular weight excluding hydrogens is 264 g/mol. The molecule has 112 valence electrons. The number of carbonyl (C=O) groups excluding carboxylic acids is 1. The Hall–Kier alpha value is -1.94. The number of hydrogen-bond acceptors (Lipinski definition) is 3. The van der Waals surface area contributed by atoms with Crippen molar-refractivity contribution in [2.75, 3.05) is 7.11 Å². The largest absolute Gasteiger partial charge is 0.369 e. The van der Waals surface area contributed by atoms with Crippen LogP contribution >= 0.6 is 0 Å². The van der Waals surface area contributed by atoms with E-state index in [0.717, 1.165) is 29.9 Å². The summed E-state index contributed by atoms with van der Waals surface area (Å²) in [6, 6.07) is 11.6. The summed E-state index contributed by atoms with van der Waals surface area (Å²) in [5.41, 5.74) is 2.87. The van der Waals surface area contributed by atoms with Crippen molar-refractivity contribution in [2.24, 2.45) is 0 Å². The molecule has 4 heteroatoms. The third kappa shape index (κ3) is 3.58. The van der Waals surface area contributed by atoms with Gasteiger partial charge in [0.1, 0.15) is 6.10 Å². The van der Waals surface area contributed by atoms with Gasteiger partial charge in [0.25, 0.3) is 0 Å². The topological polar surface area (TPSA) is 44.1 Å². The Morgan fingerprint density at radius 2 is 2.00 bits per heavy atom. The van der Waals surface area contributed by atoms with Crippen LogP contribution in [0.2, 0.25) is 0 Å². The lowest BCUT2D eigenvalue weighted by Crippen LogP contribution is -2.18. The lowest BCUT2D eigenvalue weighted by Gasteiger charge is -2.14. The van der Waals surface area contributed by atoms with Crippen molar-refractivity contribution < 1.29 is 9.53 Å². The van der Waals surface area contributed by atoms with Crippen LogP contribution in [0.4, 0.5) is 0 Å². The van der Waals surface area contributed by atoms with Gasteiger partial charge in [0.15, 0.2) is 5.78 Å². The highest BCUT2D eigenvalue weighted by molar-refractivity contribution is 5.86. The minimum absolute atomic E-state index is 0.0564. The van der Waals surface area contributed by atoms with Crippen LogP contribution in [0, 0.1) is 0 Å². The van der Waals surface area contributed by atoms with E-state index in [0.29, 0.717) is 6.42 Å². The van der Waals surface area contributed by atoms with Crippen molar-refractivity contribution >= 4 is 5.78 Å². The zero-order chi connectivity index (χ0) is 15.2. The molecule has 1 heterocycles. The molecule has 0 amide bonds. The number of ketones is 1. The Morgan fingerprint density at radius 1 is 1.29 bits per heavy atom. The second-order valence-corrected chi connectivity index (χ2v) is 4.97. The highest BCUT2D eigenvalue weighted by Gasteiger charge is 2.21. The highest BCUT2D eigenvalue weighted by Crippen LogP contribution is 2.20. The molecule has 2 rings (SSSR count). The van der Waals surface area contributed by atoms with E-state index in [1.54, 1.807) is 7.11 Å². The highest BCUT2D eigenvalue weighted by atomic mass is 16.5. The fraction of sp³-hybridized carbons (Fsp3) is 0.412. The van der Waals surface area contributed by atoms with Gasteiger partial charge >= 0.3 is 0 Å². The maximum absolute atomic E-state index is 12.5. The Kier molecular flexibility index (Phi) is 5.28. The molecular formula is C17H22N2O2. The van der Waals surface area contributed by atoms with Crippen LogP contribution in [0.5, 0.6) is 0 Å². The number of Topliss-reactive ketones (excluding diaryl/α,β-unsaturated/α-hetero) is 1. The fourth-order valence-electron chi connectivity index (χ4n) is 2.46. The van der Waals surface area contributed by atoms with Crippen LogP contribution in [0.15, 0.2) is 36.4 Å². The van der Waals surface area contributed by atoms with Gasteiger partial charge in [-0.1, -0.05) is 37.3 Å². The van der Waals surface area contributed by atoms with Crippen LogP contribution in [0.1, 0.15) is 36.9 Å². The molecule has 1 unspecified atom stereocenters. The van der Waals surface area contributed by atoms with Gasteiger partial charge in [-0.2, -0.15) is 5.10 Å². The predicted octanol–water partition coefficient (Wildman–Crippen LogP) is 2.96. The summed E-state index contributed by atoms with van der Waals surface area (Å²) in [6.07, 6.45) is 0.700. The SMILES string of the molecule is CCc1cc(CC(=O)C(OC)c2ccccc2)n(CC)n1. The zero-order valence-electron chi connectivity index (χ0n) is 12.9. The molecule has 0 saturated carbocycles. The first-order valence-electron chi connectivity index (χ1n) is 7.35. The molecule has 0 saturated heterocycles. The molecule has 0 aliphatic rings. The van der Waals surface area contributed by atoms with Gasteiger partial charge in [0.05, 0.1) is 12.1 Å². The minimum atomic E-state index is -0.517. The van der Waals surface area contributed by atoms with Crippen molar-refractivity contribution in [1.29, 1.82) is 0 Å². The maximum atomic E-state index is 12.5. The molecule has 0 bridgehead atoms. The maximum Gasteiger partial charge on any atom is 0.172 e. The lowest BCUT2D eigenvalue weighted by molar-refractivity contribution is -0.128. The normalized spacial score (nSPS) is 12.3. The second kappa shape index (κ2) is 7.18. The summed E-state index contributed by atoms with van der Waals surface area (Å²) < 4.78 is 7.30. The van der Waals surface area contributed by atoms with Crippen LogP contribution in [-0.2, 0) is 28.9 Å². The monoisotopic (exact) mass is 286 g/mol. The van der Waals surface area contributed by atoms with E-state index in [2.05, 4.69) is 12.0 Å². The quantitative estimate of drug-likeness (QED) is 0.786. The van der Waals surface area contributed by atoms with E-state index in [1.807, 2.05) is 48.0 Å². The summed E-state index contributed by atoms with van der Waals surface area (Å²) >= 11 is 0. The van der Waals surface area contributed by atoms with Crippen molar-refractivity contribution in [2.45, 2.75) is 39.3 Å². The van der Waals surface area contributed by atoms with Crippen LogP contribution in [0.3, 0.4) is 0 Å². The smallest absolute Gasteiger partial charge is 0.172 e. The summed E-state index contributed by atoms with van der Waals surface area (Å²) in [4.78, 5) is 12.5. The van der Waals surface area contributed by atoms with Crippen molar-refractivity contribution in [3.8, 4) is 0 Å². The molecule has 1 aromatic heterocycles. The molecule has 21 heavy (non-hydrogen) atoms. The number of ether oxygens (including phenoxy) is 1. The third-order valence-electron chi connectivity index (χ3n) is 3.56. The standard InChI is InChI=1S/C17H22N2O2/c1-4-14-11-15(19(5-2)18-14)12-16(20)17(21-3)13-9-7-6-8-10-13/h6-11,17H,4-5,12H2,1-3H3. The third-order valence-corrected chi connectivity index (χ3v) is 3.56. The summed E-state index contributed by atoms with van der Waals surface area (Å²) in [7, 11) is 1.57. The molecule has 1 aromatic carbocycles. The lowest BCUT2D eigenvalue weighted by atomic mass is 10.0. The number of rotatable bonds is 7. The van der Waals surface area contributed by atoms with Gasteiger partial charge in [-0.15, -0.1) is 0 Å². The van der Waals surface area contributed by atoms with Gasteiger partial charge in [0.2, 0.25) is 0 Å². The summed E-state index contributed by atoms with van der Waals surface area (Å²) in [5, 5.41) is 4.48. The Labute approximate surface area is 125 Å². The first-order valence-corrected chi connectivity index (χ1v) is 7.35. The van der Waals surface area contributed by atoms with Crippen LogP contribution in [-0.4, -0.2) is 22.7 Å². The van der Waals surface area contributed by atoms with E-state index < -0.39 is 6.10 Å². The van der Waals surface area contributed by atoms with Crippen molar-refractivity contribution in [3.63, 3.8) is 0 Å². The summed E-state index contributed by atoms with van der Waals surface area (Å²) in [6.45, 7) is 4.87. The molecule has 0 fully saturated rings. The average Bonchev–Trinajstić information content (AvgIpc) is 2.91. The van der Waals surface area contributed by atoms with Crippen LogP contribution < -0.4 is 0 Å². The van der Waals surface area contributed by atoms with Crippen molar-refractivity contribution in [1.82, 2.24) is 9.78 Å². The van der Waals surface area contributed by atoms with Gasteiger partial charge < -0.3 is 4.74 Å².